The van der Waals surface area contributed by atoms with Crippen LogP contribution in [0.2, 0.25) is 0 Å². The molecule has 4 unspecified atom stereocenters. The third-order valence-electron chi connectivity index (χ3n) is 6.81. The molecule has 2 aliphatic carbocycles. The molecule has 3 aliphatic rings. The van der Waals surface area contributed by atoms with Crippen molar-refractivity contribution in [2.24, 2.45) is 23.7 Å². The minimum absolute atomic E-state index is 0.0391. The fourth-order valence-electron chi connectivity index (χ4n) is 5.39. The molecule has 0 radical (unpaired) electrons. The standard InChI is InChI=1S/C20H37NO2/c1-16-7-8-20(22)19(15-16)18(17-5-3-2-4-6-17)9-10-21-11-13-23-14-12-21/h16-20,22H,2-15H2,1H3. The zero-order chi connectivity index (χ0) is 16.1. The van der Waals surface area contributed by atoms with Crippen LogP contribution in [0.25, 0.3) is 0 Å². The van der Waals surface area contributed by atoms with Gasteiger partial charge >= 0.3 is 0 Å². The molecule has 2 saturated carbocycles. The zero-order valence-corrected chi connectivity index (χ0v) is 15.1. The molecule has 1 heterocycles. The fourth-order valence-corrected chi connectivity index (χ4v) is 5.39. The highest BCUT2D eigenvalue weighted by Crippen LogP contribution is 2.43. The molecule has 3 heteroatoms. The normalized spacial score (nSPS) is 36.0. The number of ether oxygens (including phenoxy) is 1. The predicted octanol–water partition coefficient (Wildman–Crippen LogP) is 3.70. The summed E-state index contributed by atoms with van der Waals surface area (Å²) in [5.41, 5.74) is 0. The average molecular weight is 324 g/mol. The number of rotatable bonds is 5. The van der Waals surface area contributed by atoms with E-state index in [2.05, 4.69) is 11.8 Å². The highest BCUT2D eigenvalue weighted by Gasteiger charge is 2.37. The number of aliphatic hydroxyl groups is 1. The summed E-state index contributed by atoms with van der Waals surface area (Å²) in [7, 11) is 0. The minimum Gasteiger partial charge on any atom is -0.393 e. The first kappa shape index (κ1) is 17.7. The van der Waals surface area contributed by atoms with E-state index in [-0.39, 0.29) is 6.10 Å². The Morgan fingerprint density at radius 3 is 2.52 bits per heavy atom. The lowest BCUT2D eigenvalue weighted by Gasteiger charge is -2.43. The van der Waals surface area contributed by atoms with Gasteiger partial charge in [-0.2, -0.15) is 0 Å². The van der Waals surface area contributed by atoms with Crippen molar-refractivity contribution in [3.05, 3.63) is 0 Å². The maximum absolute atomic E-state index is 10.7. The number of hydrogen-bond acceptors (Lipinski definition) is 3. The Bertz CT molecular complexity index is 337. The van der Waals surface area contributed by atoms with Crippen LogP contribution >= 0.6 is 0 Å². The van der Waals surface area contributed by atoms with Crippen LogP contribution in [0.5, 0.6) is 0 Å². The van der Waals surface area contributed by atoms with Gasteiger partial charge in [-0.25, -0.2) is 0 Å². The van der Waals surface area contributed by atoms with Crippen LogP contribution in [-0.4, -0.2) is 49.0 Å². The van der Waals surface area contributed by atoms with Gasteiger partial charge in [0.2, 0.25) is 0 Å². The van der Waals surface area contributed by atoms with Gasteiger partial charge in [0, 0.05) is 13.1 Å². The molecule has 1 N–H and O–H groups in total. The molecule has 3 nitrogen and oxygen atoms in total. The van der Waals surface area contributed by atoms with Crippen LogP contribution in [0.4, 0.5) is 0 Å². The first-order valence-corrected chi connectivity index (χ1v) is 10.2. The van der Waals surface area contributed by atoms with E-state index in [4.69, 9.17) is 4.74 Å². The maximum Gasteiger partial charge on any atom is 0.0594 e. The summed E-state index contributed by atoms with van der Waals surface area (Å²) in [5.74, 6) is 2.98. The molecule has 23 heavy (non-hydrogen) atoms. The molecule has 1 aliphatic heterocycles. The Morgan fingerprint density at radius 1 is 1.04 bits per heavy atom. The number of aliphatic hydroxyl groups excluding tert-OH is 1. The highest BCUT2D eigenvalue weighted by atomic mass is 16.5. The summed E-state index contributed by atoms with van der Waals surface area (Å²) in [6.45, 7) is 7.59. The summed E-state index contributed by atoms with van der Waals surface area (Å²) < 4.78 is 5.49. The molecule has 3 rings (SSSR count). The average Bonchev–Trinajstić information content (AvgIpc) is 2.60. The third-order valence-corrected chi connectivity index (χ3v) is 6.81. The van der Waals surface area contributed by atoms with E-state index in [1.807, 2.05) is 0 Å². The number of nitrogens with zero attached hydrogens (tertiary/aromatic N) is 1. The summed E-state index contributed by atoms with van der Waals surface area (Å²) in [6.07, 6.45) is 11.8. The predicted molar refractivity (Wildman–Crippen MR) is 94.5 cm³/mol. The number of hydrogen-bond donors (Lipinski definition) is 1. The van der Waals surface area contributed by atoms with Crippen molar-refractivity contribution < 1.29 is 9.84 Å². The van der Waals surface area contributed by atoms with Crippen LogP contribution in [0.15, 0.2) is 0 Å². The van der Waals surface area contributed by atoms with Gasteiger partial charge in [-0.05, 0) is 55.9 Å². The molecular formula is C20H37NO2. The van der Waals surface area contributed by atoms with E-state index < -0.39 is 0 Å². The van der Waals surface area contributed by atoms with Crippen LogP contribution in [0.3, 0.4) is 0 Å². The highest BCUT2D eigenvalue weighted by molar-refractivity contribution is 4.88. The molecular weight excluding hydrogens is 286 g/mol. The fraction of sp³-hybridized carbons (Fsp3) is 1.00. The molecule has 0 amide bonds. The van der Waals surface area contributed by atoms with Crippen molar-refractivity contribution in [3.8, 4) is 0 Å². The van der Waals surface area contributed by atoms with Crippen LogP contribution in [-0.2, 0) is 4.74 Å². The molecule has 3 fully saturated rings. The monoisotopic (exact) mass is 323 g/mol. The Morgan fingerprint density at radius 2 is 1.78 bits per heavy atom. The quantitative estimate of drug-likeness (QED) is 0.837. The third kappa shape index (κ3) is 4.93. The van der Waals surface area contributed by atoms with Gasteiger partial charge < -0.3 is 9.84 Å². The summed E-state index contributed by atoms with van der Waals surface area (Å²) in [4.78, 5) is 2.58. The molecule has 4 atom stereocenters. The van der Waals surface area contributed by atoms with Gasteiger partial charge in [0.05, 0.1) is 19.3 Å². The van der Waals surface area contributed by atoms with Gasteiger partial charge in [0.1, 0.15) is 0 Å². The Labute approximate surface area is 142 Å². The summed E-state index contributed by atoms with van der Waals surface area (Å²) >= 11 is 0. The summed E-state index contributed by atoms with van der Waals surface area (Å²) in [6, 6.07) is 0. The van der Waals surface area contributed by atoms with Gasteiger partial charge in [0.25, 0.3) is 0 Å². The Hall–Kier alpha value is -0.120. The van der Waals surface area contributed by atoms with Crippen molar-refractivity contribution in [2.75, 3.05) is 32.8 Å². The van der Waals surface area contributed by atoms with E-state index in [0.717, 1.165) is 50.5 Å². The maximum atomic E-state index is 10.7. The first-order chi connectivity index (χ1) is 11.2. The van der Waals surface area contributed by atoms with Crippen molar-refractivity contribution in [1.82, 2.24) is 4.90 Å². The van der Waals surface area contributed by atoms with Gasteiger partial charge in [0.15, 0.2) is 0 Å². The summed E-state index contributed by atoms with van der Waals surface area (Å²) in [5, 5.41) is 10.7. The first-order valence-electron chi connectivity index (χ1n) is 10.2. The van der Waals surface area contributed by atoms with E-state index >= 15 is 0 Å². The Kier molecular flexibility index (Phi) is 6.79. The smallest absolute Gasteiger partial charge is 0.0594 e. The topological polar surface area (TPSA) is 32.7 Å². The van der Waals surface area contributed by atoms with Crippen LogP contribution < -0.4 is 0 Å². The van der Waals surface area contributed by atoms with Gasteiger partial charge in [-0.1, -0.05) is 39.0 Å². The SMILES string of the molecule is CC1CCC(O)C(C(CCN2CCOCC2)C2CCCCC2)C1. The van der Waals surface area contributed by atoms with Crippen molar-refractivity contribution in [2.45, 2.75) is 70.8 Å². The minimum atomic E-state index is -0.0391. The second kappa shape index (κ2) is 8.82. The number of morpholine rings is 1. The van der Waals surface area contributed by atoms with Crippen LogP contribution in [0, 0.1) is 23.7 Å². The molecule has 134 valence electrons. The van der Waals surface area contributed by atoms with Crippen LogP contribution in [0.1, 0.15) is 64.7 Å². The lowest BCUT2D eigenvalue weighted by atomic mass is 9.65. The zero-order valence-electron chi connectivity index (χ0n) is 15.1. The van der Waals surface area contributed by atoms with E-state index in [9.17, 15) is 5.11 Å². The molecule has 1 saturated heterocycles. The lowest BCUT2D eigenvalue weighted by molar-refractivity contribution is -0.0150. The van der Waals surface area contributed by atoms with E-state index in [1.54, 1.807) is 0 Å². The largest absolute Gasteiger partial charge is 0.393 e. The second-order valence-corrected chi connectivity index (χ2v) is 8.45. The molecule has 0 spiro atoms. The molecule has 0 bridgehead atoms. The Balaban J connectivity index is 1.62. The van der Waals surface area contributed by atoms with Crippen molar-refractivity contribution >= 4 is 0 Å². The molecule has 0 aromatic heterocycles. The van der Waals surface area contributed by atoms with Crippen molar-refractivity contribution in [3.63, 3.8) is 0 Å². The van der Waals surface area contributed by atoms with Gasteiger partial charge in [-0.3, -0.25) is 4.90 Å². The molecule has 0 aromatic rings. The van der Waals surface area contributed by atoms with E-state index in [0.29, 0.717) is 5.92 Å². The molecule has 0 aromatic carbocycles. The van der Waals surface area contributed by atoms with Crippen molar-refractivity contribution in [1.29, 1.82) is 0 Å². The second-order valence-electron chi connectivity index (χ2n) is 8.45. The van der Waals surface area contributed by atoms with Gasteiger partial charge in [-0.15, -0.1) is 0 Å². The lowest BCUT2D eigenvalue weighted by Crippen LogP contribution is -2.41. The van der Waals surface area contributed by atoms with E-state index in [1.165, 1.54) is 57.9 Å².